The standard InChI is InChI=1S/C31H33NO6/c1-18(2)38-23-12-10-22(11-13-23)27-26(28(33)25-15-19(3)14-20(4)30(25)37-6)29(34)31(35)32(27)17-21-8-7-9-24(16-21)36-5/h7-16,18,27,33H,17H2,1-6H3/b28-26+. The maximum Gasteiger partial charge on any atom is 0.295 e. The minimum Gasteiger partial charge on any atom is -0.507 e. The molecule has 1 aliphatic heterocycles. The van der Waals surface area contributed by atoms with Crippen molar-refractivity contribution >= 4 is 17.4 Å². The Morgan fingerprint density at radius 3 is 2.29 bits per heavy atom. The minimum atomic E-state index is -0.820. The summed E-state index contributed by atoms with van der Waals surface area (Å²) < 4.78 is 16.7. The molecule has 0 radical (unpaired) electrons. The van der Waals surface area contributed by atoms with E-state index in [1.165, 1.54) is 12.0 Å². The van der Waals surface area contributed by atoms with Gasteiger partial charge < -0.3 is 24.2 Å². The quantitative estimate of drug-likeness (QED) is 0.234. The predicted octanol–water partition coefficient (Wildman–Crippen LogP) is 5.73. The van der Waals surface area contributed by atoms with E-state index in [0.717, 1.165) is 16.7 Å². The number of methoxy groups -OCH3 is 2. The lowest BCUT2D eigenvalue weighted by atomic mass is 9.93. The molecule has 7 heteroatoms. The first-order valence-electron chi connectivity index (χ1n) is 12.5. The van der Waals surface area contributed by atoms with E-state index in [2.05, 4.69) is 0 Å². The number of aryl methyl sites for hydroxylation is 2. The second kappa shape index (κ2) is 11.0. The molecule has 1 aliphatic rings. The molecule has 38 heavy (non-hydrogen) atoms. The molecule has 0 aromatic heterocycles. The molecule has 0 bridgehead atoms. The predicted molar refractivity (Wildman–Crippen MR) is 146 cm³/mol. The Morgan fingerprint density at radius 2 is 1.66 bits per heavy atom. The Morgan fingerprint density at radius 1 is 0.947 bits per heavy atom. The molecular weight excluding hydrogens is 482 g/mol. The Kier molecular flexibility index (Phi) is 7.76. The van der Waals surface area contributed by atoms with Crippen LogP contribution in [0, 0.1) is 13.8 Å². The first-order valence-corrected chi connectivity index (χ1v) is 12.5. The monoisotopic (exact) mass is 515 g/mol. The number of Topliss-reactive ketones (excluding diaryl/α,β-unsaturated/α-hetero) is 1. The molecule has 1 heterocycles. The summed E-state index contributed by atoms with van der Waals surface area (Å²) in [5.74, 6) is 0.0544. The van der Waals surface area contributed by atoms with Crippen molar-refractivity contribution in [3.8, 4) is 17.2 Å². The number of ether oxygens (including phenoxy) is 3. The number of hydrogen-bond acceptors (Lipinski definition) is 6. The van der Waals surface area contributed by atoms with Crippen molar-refractivity contribution in [2.45, 2.75) is 46.4 Å². The molecule has 0 spiro atoms. The van der Waals surface area contributed by atoms with E-state index in [-0.39, 0.29) is 24.0 Å². The zero-order valence-corrected chi connectivity index (χ0v) is 22.6. The van der Waals surface area contributed by atoms with Gasteiger partial charge in [-0.15, -0.1) is 0 Å². The molecule has 1 amide bonds. The van der Waals surface area contributed by atoms with E-state index >= 15 is 0 Å². The van der Waals surface area contributed by atoms with Crippen molar-refractivity contribution in [1.29, 1.82) is 0 Å². The van der Waals surface area contributed by atoms with Gasteiger partial charge >= 0.3 is 0 Å². The Balaban J connectivity index is 1.89. The Hall–Kier alpha value is -4.26. The maximum absolute atomic E-state index is 13.5. The number of carbonyl (C=O) groups excluding carboxylic acids is 2. The molecule has 1 fully saturated rings. The fraction of sp³-hybridized carbons (Fsp3) is 0.290. The van der Waals surface area contributed by atoms with Crippen LogP contribution in [0.15, 0.2) is 66.2 Å². The highest BCUT2D eigenvalue weighted by molar-refractivity contribution is 6.46. The summed E-state index contributed by atoms with van der Waals surface area (Å²) in [5, 5.41) is 11.6. The van der Waals surface area contributed by atoms with Crippen LogP contribution < -0.4 is 14.2 Å². The molecule has 1 atom stereocenters. The highest BCUT2D eigenvalue weighted by atomic mass is 16.5. The van der Waals surface area contributed by atoms with Gasteiger partial charge in [-0.1, -0.05) is 30.3 Å². The fourth-order valence-electron chi connectivity index (χ4n) is 4.90. The molecular formula is C31H33NO6. The van der Waals surface area contributed by atoms with E-state index in [1.54, 1.807) is 25.3 Å². The van der Waals surface area contributed by atoms with Crippen LogP contribution in [-0.4, -0.2) is 42.0 Å². The number of rotatable bonds is 8. The Labute approximate surface area is 223 Å². The number of aliphatic hydroxyl groups is 1. The summed E-state index contributed by atoms with van der Waals surface area (Å²) in [5.41, 5.74) is 3.55. The van der Waals surface area contributed by atoms with Gasteiger partial charge in [0, 0.05) is 6.54 Å². The van der Waals surface area contributed by atoms with Gasteiger partial charge in [0.1, 0.15) is 23.0 Å². The number of aliphatic hydroxyl groups excluding tert-OH is 1. The van der Waals surface area contributed by atoms with Crippen LogP contribution in [0.2, 0.25) is 0 Å². The number of hydrogen-bond donors (Lipinski definition) is 1. The lowest BCUT2D eigenvalue weighted by Crippen LogP contribution is -2.29. The number of carbonyl (C=O) groups is 2. The Bertz CT molecular complexity index is 1390. The summed E-state index contributed by atoms with van der Waals surface area (Å²) in [6.07, 6.45) is -0.00317. The van der Waals surface area contributed by atoms with Gasteiger partial charge in [0.2, 0.25) is 0 Å². The van der Waals surface area contributed by atoms with E-state index in [1.807, 2.05) is 70.2 Å². The van der Waals surface area contributed by atoms with Crippen molar-refractivity contribution in [3.63, 3.8) is 0 Å². The van der Waals surface area contributed by atoms with Gasteiger partial charge in [-0.3, -0.25) is 9.59 Å². The molecule has 3 aromatic rings. The van der Waals surface area contributed by atoms with Gasteiger partial charge in [-0.25, -0.2) is 0 Å². The molecule has 0 saturated carbocycles. The van der Waals surface area contributed by atoms with Crippen molar-refractivity contribution in [1.82, 2.24) is 4.90 Å². The highest BCUT2D eigenvalue weighted by Gasteiger charge is 2.46. The van der Waals surface area contributed by atoms with Crippen LogP contribution in [0.4, 0.5) is 0 Å². The maximum atomic E-state index is 13.5. The highest BCUT2D eigenvalue weighted by Crippen LogP contribution is 2.43. The largest absolute Gasteiger partial charge is 0.507 e. The molecule has 1 saturated heterocycles. The molecule has 1 N–H and O–H groups in total. The molecule has 0 aliphatic carbocycles. The summed E-state index contributed by atoms with van der Waals surface area (Å²) >= 11 is 0. The van der Waals surface area contributed by atoms with Crippen LogP contribution in [0.3, 0.4) is 0 Å². The zero-order chi connectivity index (χ0) is 27.6. The first kappa shape index (κ1) is 26.8. The third kappa shape index (κ3) is 5.23. The summed E-state index contributed by atoms with van der Waals surface area (Å²) in [7, 11) is 3.09. The fourth-order valence-corrected chi connectivity index (χ4v) is 4.90. The van der Waals surface area contributed by atoms with Crippen LogP contribution in [0.25, 0.3) is 5.76 Å². The van der Waals surface area contributed by atoms with E-state index in [0.29, 0.717) is 28.4 Å². The topological polar surface area (TPSA) is 85.3 Å². The smallest absolute Gasteiger partial charge is 0.295 e. The molecule has 3 aromatic carbocycles. The number of amides is 1. The SMILES string of the molecule is COc1cccc(CN2C(=O)C(=O)/C(=C(/O)c3cc(C)cc(C)c3OC)C2c2ccc(OC(C)C)cc2)c1. The summed E-state index contributed by atoms with van der Waals surface area (Å²) in [6, 6.07) is 17.4. The van der Waals surface area contributed by atoms with Gasteiger partial charge in [0.15, 0.2) is 0 Å². The first-order chi connectivity index (χ1) is 18.1. The van der Waals surface area contributed by atoms with Crippen LogP contribution >= 0.6 is 0 Å². The third-order valence-electron chi connectivity index (χ3n) is 6.47. The van der Waals surface area contributed by atoms with Crippen LogP contribution in [-0.2, 0) is 16.1 Å². The number of likely N-dealkylation sites (tertiary alicyclic amines) is 1. The zero-order valence-electron chi connectivity index (χ0n) is 22.6. The number of ketones is 1. The lowest BCUT2D eigenvalue weighted by molar-refractivity contribution is -0.140. The minimum absolute atomic E-state index is 0.00317. The lowest BCUT2D eigenvalue weighted by Gasteiger charge is -2.26. The molecule has 4 rings (SSSR count). The molecule has 198 valence electrons. The molecule has 1 unspecified atom stereocenters. The van der Waals surface area contributed by atoms with Crippen molar-refractivity contribution in [2.75, 3.05) is 14.2 Å². The number of nitrogens with zero attached hydrogens (tertiary/aromatic N) is 1. The summed E-state index contributed by atoms with van der Waals surface area (Å²) in [6.45, 7) is 7.80. The van der Waals surface area contributed by atoms with Crippen molar-refractivity contribution in [2.24, 2.45) is 0 Å². The number of benzene rings is 3. The van der Waals surface area contributed by atoms with Crippen molar-refractivity contribution < 1.29 is 28.9 Å². The van der Waals surface area contributed by atoms with Crippen LogP contribution in [0.1, 0.15) is 47.7 Å². The van der Waals surface area contributed by atoms with Gasteiger partial charge in [-0.2, -0.15) is 0 Å². The van der Waals surface area contributed by atoms with Crippen LogP contribution in [0.5, 0.6) is 17.2 Å². The van der Waals surface area contributed by atoms with Gasteiger partial charge in [0.05, 0.1) is 37.5 Å². The van der Waals surface area contributed by atoms with Gasteiger partial charge in [-0.05, 0) is 80.3 Å². The second-order valence-electron chi connectivity index (χ2n) is 9.68. The normalized spacial score (nSPS) is 16.7. The third-order valence-corrected chi connectivity index (χ3v) is 6.47. The summed E-state index contributed by atoms with van der Waals surface area (Å²) in [4.78, 5) is 28.4. The van der Waals surface area contributed by atoms with Gasteiger partial charge in [0.25, 0.3) is 11.7 Å². The average molecular weight is 516 g/mol. The molecule has 7 nitrogen and oxygen atoms in total. The van der Waals surface area contributed by atoms with Crippen molar-refractivity contribution in [3.05, 3.63) is 94.1 Å². The van der Waals surface area contributed by atoms with E-state index in [4.69, 9.17) is 14.2 Å². The second-order valence-corrected chi connectivity index (χ2v) is 9.68. The van der Waals surface area contributed by atoms with E-state index < -0.39 is 17.7 Å². The average Bonchev–Trinajstić information content (AvgIpc) is 3.13. The van der Waals surface area contributed by atoms with E-state index in [9.17, 15) is 14.7 Å².